The van der Waals surface area contributed by atoms with Crippen molar-refractivity contribution in [2.24, 2.45) is 0 Å². The molecule has 0 saturated heterocycles. The van der Waals surface area contributed by atoms with Gasteiger partial charge in [0, 0.05) is 31.2 Å². The number of hydrogen-bond acceptors (Lipinski definition) is 3. The molecule has 1 heterocycles. The van der Waals surface area contributed by atoms with Crippen LogP contribution >= 0.6 is 0 Å². The highest BCUT2D eigenvalue weighted by atomic mass is 15.1. The molecule has 18 heavy (non-hydrogen) atoms. The first kappa shape index (κ1) is 12.8. The Morgan fingerprint density at radius 3 is 2.78 bits per heavy atom. The fraction of sp³-hybridized carbons (Fsp3) is 0.400. The molecule has 0 aliphatic carbocycles. The molecule has 0 amide bonds. The highest BCUT2D eigenvalue weighted by Gasteiger charge is 2.08. The third-order valence-corrected chi connectivity index (χ3v) is 3.08. The average Bonchev–Trinajstić information content (AvgIpc) is 2.38. The van der Waals surface area contributed by atoms with E-state index in [9.17, 15) is 0 Å². The van der Waals surface area contributed by atoms with E-state index in [1.165, 1.54) is 11.1 Å². The number of nitrogens with zero attached hydrogens (tertiary/aromatic N) is 2. The third-order valence-electron chi connectivity index (χ3n) is 3.08. The number of pyridine rings is 1. The Kier molecular flexibility index (Phi) is 4.15. The number of para-hydroxylation sites is 1. The normalized spacial score (nSPS) is 10.8. The number of fused-ring (bicyclic) bond motifs is 1. The Morgan fingerprint density at radius 1 is 1.28 bits per heavy atom. The van der Waals surface area contributed by atoms with Gasteiger partial charge >= 0.3 is 0 Å². The van der Waals surface area contributed by atoms with Crippen LogP contribution in [-0.2, 0) is 6.54 Å². The molecule has 0 aliphatic heterocycles. The number of hydrogen-bond donors (Lipinski definition) is 1. The van der Waals surface area contributed by atoms with E-state index in [-0.39, 0.29) is 0 Å². The first-order valence-electron chi connectivity index (χ1n) is 6.50. The van der Waals surface area contributed by atoms with E-state index in [0.29, 0.717) is 0 Å². The predicted octanol–water partition coefficient (Wildman–Crippen LogP) is 2.80. The van der Waals surface area contributed by atoms with E-state index in [4.69, 9.17) is 0 Å². The summed E-state index contributed by atoms with van der Waals surface area (Å²) in [5.41, 5.74) is 3.44. The minimum atomic E-state index is 0.803. The lowest BCUT2D eigenvalue weighted by Gasteiger charge is -2.21. The van der Waals surface area contributed by atoms with Crippen LogP contribution in [0, 0.1) is 0 Å². The highest BCUT2D eigenvalue weighted by molar-refractivity contribution is 5.91. The Labute approximate surface area is 109 Å². The molecule has 96 valence electrons. The largest absolute Gasteiger partial charge is 0.374 e. The van der Waals surface area contributed by atoms with Crippen LogP contribution in [0.2, 0.25) is 0 Å². The van der Waals surface area contributed by atoms with Crippen molar-refractivity contribution in [3.05, 3.63) is 36.0 Å². The molecule has 0 aliphatic rings. The molecular formula is C15H21N3. The molecule has 0 fully saturated rings. The lowest BCUT2D eigenvalue weighted by molar-refractivity contribution is 0.792. The fourth-order valence-electron chi connectivity index (χ4n) is 2.25. The summed E-state index contributed by atoms with van der Waals surface area (Å²) in [5.74, 6) is 0. The molecule has 3 nitrogen and oxygen atoms in total. The first-order chi connectivity index (χ1) is 8.76. The smallest absolute Gasteiger partial charge is 0.0726 e. The van der Waals surface area contributed by atoms with Gasteiger partial charge in [-0.1, -0.05) is 25.1 Å². The maximum Gasteiger partial charge on any atom is 0.0726 e. The predicted molar refractivity (Wildman–Crippen MR) is 78.1 cm³/mol. The van der Waals surface area contributed by atoms with Gasteiger partial charge in [-0.2, -0.15) is 0 Å². The summed E-state index contributed by atoms with van der Waals surface area (Å²) in [6.07, 6.45) is 1.15. The molecular weight excluding hydrogens is 222 g/mol. The summed E-state index contributed by atoms with van der Waals surface area (Å²) in [6, 6.07) is 10.5. The van der Waals surface area contributed by atoms with Gasteiger partial charge in [-0.3, -0.25) is 4.98 Å². The Bertz CT molecular complexity index is 522. The SMILES string of the molecule is CCCN(C)c1cc(CNC)nc2ccccc12. The van der Waals surface area contributed by atoms with Crippen molar-refractivity contribution in [1.29, 1.82) is 0 Å². The zero-order chi connectivity index (χ0) is 13.0. The monoisotopic (exact) mass is 243 g/mol. The number of anilines is 1. The fourth-order valence-corrected chi connectivity index (χ4v) is 2.25. The first-order valence-corrected chi connectivity index (χ1v) is 6.50. The van der Waals surface area contributed by atoms with E-state index < -0.39 is 0 Å². The van der Waals surface area contributed by atoms with Gasteiger partial charge in [0.15, 0.2) is 0 Å². The zero-order valence-corrected chi connectivity index (χ0v) is 11.4. The molecule has 0 bridgehead atoms. The average molecular weight is 243 g/mol. The number of benzene rings is 1. The van der Waals surface area contributed by atoms with Gasteiger partial charge in [0.1, 0.15) is 0 Å². The molecule has 3 heteroatoms. The van der Waals surface area contributed by atoms with E-state index in [2.05, 4.69) is 53.4 Å². The molecule has 0 saturated carbocycles. The molecule has 1 N–H and O–H groups in total. The van der Waals surface area contributed by atoms with E-state index >= 15 is 0 Å². The topological polar surface area (TPSA) is 28.2 Å². The summed E-state index contributed by atoms with van der Waals surface area (Å²) < 4.78 is 0. The second-order valence-electron chi connectivity index (χ2n) is 4.60. The highest BCUT2D eigenvalue weighted by Crippen LogP contribution is 2.26. The molecule has 0 radical (unpaired) electrons. The lowest BCUT2D eigenvalue weighted by atomic mass is 10.1. The maximum absolute atomic E-state index is 4.68. The van der Waals surface area contributed by atoms with Crippen molar-refractivity contribution < 1.29 is 0 Å². The van der Waals surface area contributed by atoms with Crippen LogP contribution in [0.4, 0.5) is 5.69 Å². The molecule has 0 atom stereocenters. The molecule has 1 aromatic heterocycles. The Balaban J connectivity index is 2.53. The number of aromatic nitrogens is 1. The van der Waals surface area contributed by atoms with Crippen molar-refractivity contribution in [3.8, 4) is 0 Å². The van der Waals surface area contributed by atoms with Gasteiger partial charge in [0.25, 0.3) is 0 Å². The van der Waals surface area contributed by atoms with E-state index in [1.807, 2.05) is 13.1 Å². The number of rotatable bonds is 5. The quantitative estimate of drug-likeness (QED) is 0.875. The van der Waals surface area contributed by atoms with Crippen molar-refractivity contribution >= 4 is 16.6 Å². The summed E-state index contributed by atoms with van der Waals surface area (Å²) >= 11 is 0. The molecule has 1 aromatic carbocycles. The van der Waals surface area contributed by atoms with Crippen LogP contribution in [0.3, 0.4) is 0 Å². The summed E-state index contributed by atoms with van der Waals surface area (Å²) in [6.45, 7) is 4.07. The van der Waals surface area contributed by atoms with Crippen LogP contribution in [-0.4, -0.2) is 25.6 Å². The van der Waals surface area contributed by atoms with Gasteiger partial charge in [-0.15, -0.1) is 0 Å². The van der Waals surface area contributed by atoms with Gasteiger partial charge < -0.3 is 10.2 Å². The zero-order valence-electron chi connectivity index (χ0n) is 11.4. The van der Waals surface area contributed by atoms with Crippen molar-refractivity contribution in [1.82, 2.24) is 10.3 Å². The minimum absolute atomic E-state index is 0.803. The van der Waals surface area contributed by atoms with Gasteiger partial charge in [-0.25, -0.2) is 0 Å². The molecule has 2 aromatic rings. The van der Waals surface area contributed by atoms with Crippen molar-refractivity contribution in [2.45, 2.75) is 19.9 Å². The van der Waals surface area contributed by atoms with Crippen LogP contribution in [0.15, 0.2) is 30.3 Å². The Hall–Kier alpha value is -1.61. The van der Waals surface area contributed by atoms with Crippen LogP contribution in [0.1, 0.15) is 19.0 Å². The lowest BCUT2D eigenvalue weighted by Crippen LogP contribution is -2.19. The molecule has 0 spiro atoms. The summed E-state index contributed by atoms with van der Waals surface area (Å²) in [7, 11) is 4.10. The van der Waals surface area contributed by atoms with Crippen molar-refractivity contribution in [3.63, 3.8) is 0 Å². The Morgan fingerprint density at radius 2 is 2.06 bits per heavy atom. The summed E-state index contributed by atoms with van der Waals surface area (Å²) in [5, 5.41) is 4.40. The van der Waals surface area contributed by atoms with Crippen LogP contribution in [0.25, 0.3) is 10.9 Å². The molecule has 0 unspecified atom stereocenters. The van der Waals surface area contributed by atoms with E-state index in [1.54, 1.807) is 0 Å². The minimum Gasteiger partial charge on any atom is -0.374 e. The van der Waals surface area contributed by atoms with Gasteiger partial charge in [-0.05, 0) is 25.6 Å². The van der Waals surface area contributed by atoms with Crippen molar-refractivity contribution in [2.75, 3.05) is 25.5 Å². The van der Waals surface area contributed by atoms with Crippen LogP contribution < -0.4 is 10.2 Å². The molecule has 2 rings (SSSR count). The third kappa shape index (κ3) is 2.62. The van der Waals surface area contributed by atoms with E-state index in [0.717, 1.165) is 30.7 Å². The van der Waals surface area contributed by atoms with Gasteiger partial charge in [0.2, 0.25) is 0 Å². The summed E-state index contributed by atoms with van der Waals surface area (Å²) in [4.78, 5) is 6.99. The number of nitrogens with one attached hydrogen (secondary N) is 1. The maximum atomic E-state index is 4.68. The second kappa shape index (κ2) is 5.83. The van der Waals surface area contributed by atoms with Crippen LogP contribution in [0.5, 0.6) is 0 Å². The van der Waals surface area contributed by atoms with Gasteiger partial charge in [0.05, 0.1) is 11.2 Å². The standard InChI is InChI=1S/C15H21N3/c1-4-9-18(3)15-10-12(11-16-2)17-14-8-6-5-7-13(14)15/h5-8,10,16H,4,9,11H2,1-3H3. The second-order valence-corrected chi connectivity index (χ2v) is 4.60.